The van der Waals surface area contributed by atoms with Gasteiger partial charge in [0.2, 0.25) is 0 Å². The summed E-state index contributed by atoms with van der Waals surface area (Å²) in [6.45, 7) is 0. The molecule has 0 heterocycles. The molecule has 0 unspecified atom stereocenters. The molecule has 328 valence electrons. The van der Waals surface area contributed by atoms with E-state index in [1.165, 1.54) is 143 Å². The highest BCUT2D eigenvalue weighted by Gasteiger charge is 2.51. The van der Waals surface area contributed by atoms with Gasteiger partial charge in [0.15, 0.2) is 0 Å². The quantitative estimate of drug-likeness (QED) is 0.151. The average molecular weight is 897 g/mol. The van der Waals surface area contributed by atoms with Crippen LogP contribution < -0.4 is 0 Å². The van der Waals surface area contributed by atoms with Gasteiger partial charge >= 0.3 is 0 Å². The Kier molecular flexibility index (Phi) is 8.68. The lowest BCUT2D eigenvalue weighted by molar-refractivity contribution is 0.794. The molecule has 2 aliphatic rings. The molecule has 0 N–H and O–H groups in total. The van der Waals surface area contributed by atoms with Crippen molar-refractivity contribution in [3.8, 4) is 77.9 Å². The first-order valence-electron chi connectivity index (χ1n) is 24.8. The lowest BCUT2D eigenvalue weighted by Gasteiger charge is -2.31. The Bertz CT molecular complexity index is 4150. The molecule has 1 spiro atoms. The summed E-state index contributed by atoms with van der Waals surface area (Å²) < 4.78 is 0. The first-order chi connectivity index (χ1) is 35.3. The van der Waals surface area contributed by atoms with Crippen LogP contribution in [0, 0.1) is 0 Å². The van der Waals surface area contributed by atoms with Crippen LogP contribution in [0.5, 0.6) is 0 Å². The van der Waals surface area contributed by atoms with Crippen LogP contribution in [0.1, 0.15) is 22.3 Å². The fraction of sp³-hybridized carbons (Fsp3) is 0.0141. The van der Waals surface area contributed by atoms with Gasteiger partial charge in [0, 0.05) is 0 Å². The average Bonchev–Trinajstić information content (AvgIpc) is 3.91. The van der Waals surface area contributed by atoms with Crippen molar-refractivity contribution in [1.82, 2.24) is 0 Å². The van der Waals surface area contributed by atoms with E-state index >= 15 is 0 Å². The van der Waals surface area contributed by atoms with Gasteiger partial charge in [0.1, 0.15) is 0 Å². The third-order valence-corrected chi connectivity index (χ3v) is 15.9. The van der Waals surface area contributed by atoms with Crippen LogP contribution in [0.25, 0.3) is 121 Å². The number of hydrogen-bond acceptors (Lipinski definition) is 0. The van der Waals surface area contributed by atoms with E-state index in [1.54, 1.807) is 0 Å². The number of hydrogen-bond donors (Lipinski definition) is 0. The van der Waals surface area contributed by atoms with Crippen molar-refractivity contribution < 1.29 is 0 Å². The maximum absolute atomic E-state index is 2.55. The minimum absolute atomic E-state index is 0.516. The van der Waals surface area contributed by atoms with E-state index in [0.717, 1.165) is 0 Å². The molecule has 71 heavy (non-hydrogen) atoms. The fourth-order valence-electron chi connectivity index (χ4n) is 13.0. The van der Waals surface area contributed by atoms with Crippen molar-refractivity contribution >= 4 is 43.1 Å². The summed E-state index contributed by atoms with van der Waals surface area (Å²) in [6.07, 6.45) is 0. The summed E-state index contributed by atoms with van der Waals surface area (Å²) in [4.78, 5) is 0. The third kappa shape index (κ3) is 5.68. The molecule has 0 saturated heterocycles. The smallest absolute Gasteiger partial charge is 0.0622 e. The van der Waals surface area contributed by atoms with Crippen LogP contribution in [0.15, 0.2) is 267 Å². The second-order valence-electron chi connectivity index (χ2n) is 19.4. The van der Waals surface area contributed by atoms with Gasteiger partial charge < -0.3 is 0 Å². The first kappa shape index (κ1) is 39.9. The van der Waals surface area contributed by atoms with Crippen LogP contribution in [0.3, 0.4) is 0 Å². The van der Waals surface area contributed by atoms with Crippen molar-refractivity contribution in [3.63, 3.8) is 0 Å². The number of benzene rings is 13. The molecule has 0 aliphatic heterocycles. The minimum Gasteiger partial charge on any atom is -0.0622 e. The summed E-state index contributed by atoms with van der Waals surface area (Å²) in [5, 5.41) is 10.1. The summed E-state index contributed by atoms with van der Waals surface area (Å²) in [7, 11) is 0. The molecule has 0 atom stereocenters. The van der Waals surface area contributed by atoms with Gasteiger partial charge in [-0.2, -0.15) is 0 Å². The lowest BCUT2D eigenvalue weighted by atomic mass is 9.70. The highest BCUT2D eigenvalue weighted by atomic mass is 14.5. The normalized spacial score (nSPS) is 12.9. The predicted molar refractivity (Wildman–Crippen MR) is 300 cm³/mol. The zero-order chi connectivity index (χ0) is 46.6. The van der Waals surface area contributed by atoms with E-state index in [-0.39, 0.29) is 0 Å². The molecule has 0 fully saturated rings. The Morgan fingerprint density at radius 1 is 0.169 bits per heavy atom. The molecule has 0 heteroatoms. The second kappa shape index (κ2) is 15.5. The van der Waals surface area contributed by atoms with Gasteiger partial charge in [-0.3, -0.25) is 0 Å². The van der Waals surface area contributed by atoms with Crippen LogP contribution in [-0.2, 0) is 5.41 Å². The lowest BCUT2D eigenvalue weighted by Crippen LogP contribution is -2.26. The van der Waals surface area contributed by atoms with E-state index in [9.17, 15) is 0 Å². The summed E-state index contributed by atoms with van der Waals surface area (Å²) >= 11 is 0. The summed E-state index contributed by atoms with van der Waals surface area (Å²) in [6, 6.07) is 99.9. The topological polar surface area (TPSA) is 0 Å². The van der Waals surface area contributed by atoms with Gasteiger partial charge in [-0.1, -0.05) is 255 Å². The van der Waals surface area contributed by atoms with Crippen molar-refractivity contribution in [2.45, 2.75) is 5.41 Å². The highest BCUT2D eigenvalue weighted by Crippen LogP contribution is 2.64. The van der Waals surface area contributed by atoms with Gasteiger partial charge in [-0.25, -0.2) is 0 Å². The second-order valence-corrected chi connectivity index (χ2v) is 19.4. The molecule has 0 aromatic heterocycles. The first-order valence-corrected chi connectivity index (χ1v) is 24.8. The predicted octanol–water partition coefficient (Wildman–Crippen LogP) is 19.0. The molecule has 13 aromatic rings. The number of fused-ring (bicyclic) bond motifs is 14. The van der Waals surface area contributed by atoms with Gasteiger partial charge in [0.05, 0.1) is 5.41 Å². The summed E-state index contributed by atoms with van der Waals surface area (Å²) in [5.74, 6) is 0. The van der Waals surface area contributed by atoms with Crippen molar-refractivity contribution in [1.29, 1.82) is 0 Å². The van der Waals surface area contributed by atoms with Gasteiger partial charge in [0.25, 0.3) is 0 Å². The van der Waals surface area contributed by atoms with E-state index in [0.29, 0.717) is 0 Å². The monoisotopic (exact) mass is 896 g/mol. The van der Waals surface area contributed by atoms with Crippen molar-refractivity contribution in [3.05, 3.63) is 289 Å². The van der Waals surface area contributed by atoms with Gasteiger partial charge in [-0.15, -0.1) is 0 Å². The molecule has 15 rings (SSSR count). The molecule has 0 nitrogen and oxygen atoms in total. The maximum Gasteiger partial charge on any atom is 0.0725 e. The molecular weight excluding hydrogens is 853 g/mol. The molecule has 2 aliphatic carbocycles. The zero-order valence-corrected chi connectivity index (χ0v) is 38.9. The van der Waals surface area contributed by atoms with Crippen LogP contribution in [0.2, 0.25) is 0 Å². The Hall–Kier alpha value is -9.10. The van der Waals surface area contributed by atoms with E-state index in [1.807, 2.05) is 0 Å². The Morgan fingerprint density at radius 2 is 0.437 bits per heavy atom. The zero-order valence-electron chi connectivity index (χ0n) is 38.9. The van der Waals surface area contributed by atoms with E-state index in [2.05, 4.69) is 267 Å². The van der Waals surface area contributed by atoms with Crippen molar-refractivity contribution in [2.75, 3.05) is 0 Å². The molecule has 13 aromatic carbocycles. The van der Waals surface area contributed by atoms with Crippen LogP contribution in [0.4, 0.5) is 0 Å². The third-order valence-electron chi connectivity index (χ3n) is 15.9. The molecule has 0 saturated carbocycles. The minimum atomic E-state index is -0.516. The van der Waals surface area contributed by atoms with Crippen LogP contribution in [-0.4, -0.2) is 0 Å². The van der Waals surface area contributed by atoms with Crippen LogP contribution >= 0.6 is 0 Å². The largest absolute Gasteiger partial charge is 0.0725 e. The van der Waals surface area contributed by atoms with E-state index < -0.39 is 5.41 Å². The highest BCUT2D eigenvalue weighted by molar-refractivity contribution is 6.23. The molecular formula is C71H44. The summed E-state index contributed by atoms with van der Waals surface area (Å²) in [5.41, 5.74) is 22.5. The SMILES string of the molecule is c1ccc(-c2c3ccccc3c(-c3ccc(-c4ccc5c(c4)C4(c6ccccc6-c6ccccc64)c4cc(-c6c7ccccc7c(-c7ccccc7)c7ccccc67)ccc4-5)cc3)c3ccccc23)cc1. The molecule has 0 amide bonds. The maximum atomic E-state index is 2.55. The van der Waals surface area contributed by atoms with E-state index in [4.69, 9.17) is 0 Å². The van der Waals surface area contributed by atoms with Crippen molar-refractivity contribution in [2.24, 2.45) is 0 Å². The number of rotatable bonds is 5. The Balaban J connectivity index is 0.926. The molecule has 0 bridgehead atoms. The fourth-order valence-corrected chi connectivity index (χ4v) is 13.0. The molecule has 0 radical (unpaired) electrons. The van der Waals surface area contributed by atoms with Gasteiger partial charge in [-0.05, 0) is 155 Å². The Morgan fingerprint density at radius 3 is 0.845 bits per heavy atom. The Labute approximate surface area is 413 Å². The standard InChI is InChI=1S/C71H44/c1-3-19-46(20-4-1)67-55-25-7-9-27-57(55)69(58-28-10-8-26-56(58)67)48-37-35-45(36-38-48)49-39-41-53-54-42-40-50(44-66(54)71(65(53)43-49)63-33-17-15-23-51(63)52-24-16-18-34-64(52)71)70-61-31-13-11-29-59(61)68(47-21-5-2-6-22-47)60-30-12-14-32-62(60)70/h1-44H.